The first-order valence-electron chi connectivity index (χ1n) is 6.22. The maximum atomic E-state index is 12.0. The van der Waals surface area contributed by atoms with Crippen molar-refractivity contribution < 1.29 is 21.9 Å². The third-order valence-corrected chi connectivity index (χ3v) is 4.38. The summed E-state index contributed by atoms with van der Waals surface area (Å²) in [5.74, 6) is 0.00703. The molecule has 0 aromatic heterocycles. The summed E-state index contributed by atoms with van der Waals surface area (Å²) in [6.07, 6.45) is 1.25. The number of benzene rings is 2. The first-order chi connectivity index (χ1) is 10.9. The van der Waals surface area contributed by atoms with Gasteiger partial charge >= 0.3 is 6.61 Å². The van der Waals surface area contributed by atoms with Crippen LogP contribution in [-0.2, 0) is 10.0 Å². The monoisotopic (exact) mass is 404 g/mol. The van der Waals surface area contributed by atoms with Gasteiger partial charge in [0.05, 0.1) is 11.1 Å². The number of nitrogens with one attached hydrogen (secondary N) is 1. The number of hydrogen-bond acceptors (Lipinski definition) is 4. The summed E-state index contributed by atoms with van der Waals surface area (Å²) >= 11 is 3.21. The van der Waals surface area contributed by atoms with Crippen molar-refractivity contribution in [2.45, 2.75) is 11.5 Å². The summed E-state index contributed by atoms with van der Waals surface area (Å²) in [4.78, 5) is 2.13. The van der Waals surface area contributed by atoms with Crippen LogP contribution in [0.15, 0.2) is 63.0 Å². The van der Waals surface area contributed by atoms with Crippen molar-refractivity contribution in [2.75, 3.05) is 0 Å². The summed E-state index contributed by atoms with van der Waals surface area (Å²) in [5.41, 5.74) is 0.519. The van der Waals surface area contributed by atoms with Crippen LogP contribution in [-0.4, -0.2) is 21.2 Å². The van der Waals surface area contributed by atoms with E-state index in [1.807, 2.05) is 0 Å². The molecule has 9 heteroatoms. The number of alkyl halides is 2. The van der Waals surface area contributed by atoms with Crippen molar-refractivity contribution in [3.8, 4) is 5.75 Å². The third-order valence-electron chi connectivity index (χ3n) is 2.62. The van der Waals surface area contributed by atoms with E-state index in [0.717, 1.165) is 4.47 Å². The molecule has 0 aliphatic carbocycles. The summed E-state index contributed by atoms with van der Waals surface area (Å²) in [6, 6.07) is 11.6. The molecule has 0 bridgehead atoms. The van der Waals surface area contributed by atoms with Crippen molar-refractivity contribution in [3.05, 3.63) is 58.6 Å². The van der Waals surface area contributed by atoms with Gasteiger partial charge < -0.3 is 4.74 Å². The van der Waals surface area contributed by atoms with Crippen LogP contribution in [0.4, 0.5) is 8.78 Å². The second-order valence-electron chi connectivity index (χ2n) is 4.25. The molecule has 0 saturated heterocycles. The molecule has 0 aliphatic rings. The van der Waals surface area contributed by atoms with Crippen LogP contribution < -0.4 is 9.57 Å². The summed E-state index contributed by atoms with van der Waals surface area (Å²) in [6.45, 7) is -2.90. The highest BCUT2D eigenvalue weighted by atomic mass is 79.9. The number of nitrogens with zero attached hydrogens (tertiary/aromatic N) is 1. The second kappa shape index (κ2) is 7.51. The molecule has 0 heterocycles. The minimum absolute atomic E-state index is 0.00703. The highest BCUT2D eigenvalue weighted by Gasteiger charge is 2.11. The van der Waals surface area contributed by atoms with E-state index in [0.29, 0.717) is 5.56 Å². The van der Waals surface area contributed by atoms with Gasteiger partial charge in [0, 0.05) is 4.47 Å². The van der Waals surface area contributed by atoms with Crippen molar-refractivity contribution in [3.63, 3.8) is 0 Å². The van der Waals surface area contributed by atoms with E-state index in [1.165, 1.54) is 42.6 Å². The van der Waals surface area contributed by atoms with Crippen LogP contribution >= 0.6 is 15.9 Å². The average molecular weight is 405 g/mol. The molecule has 0 radical (unpaired) electrons. The molecule has 1 N–H and O–H groups in total. The van der Waals surface area contributed by atoms with Gasteiger partial charge in [0.25, 0.3) is 10.0 Å². The van der Waals surface area contributed by atoms with E-state index >= 15 is 0 Å². The maximum Gasteiger partial charge on any atom is 0.387 e. The van der Waals surface area contributed by atoms with E-state index in [2.05, 4.69) is 30.6 Å². The van der Waals surface area contributed by atoms with Crippen LogP contribution in [0.25, 0.3) is 0 Å². The van der Waals surface area contributed by atoms with Crippen molar-refractivity contribution in [1.29, 1.82) is 0 Å². The molecule has 122 valence electrons. The van der Waals surface area contributed by atoms with Gasteiger partial charge in [-0.25, -0.2) is 4.83 Å². The van der Waals surface area contributed by atoms with Gasteiger partial charge in [-0.15, -0.1) is 0 Å². The molecule has 5 nitrogen and oxygen atoms in total. The number of hydrazone groups is 1. The Kier molecular flexibility index (Phi) is 5.67. The second-order valence-corrected chi connectivity index (χ2v) is 6.83. The molecule has 0 fully saturated rings. The van der Waals surface area contributed by atoms with Gasteiger partial charge in [-0.1, -0.05) is 15.9 Å². The fraction of sp³-hybridized carbons (Fsp3) is 0.0714. The van der Waals surface area contributed by atoms with Gasteiger partial charge in [0.15, 0.2) is 0 Å². The van der Waals surface area contributed by atoms with Crippen molar-refractivity contribution >= 4 is 32.2 Å². The van der Waals surface area contributed by atoms with E-state index in [-0.39, 0.29) is 10.6 Å². The van der Waals surface area contributed by atoms with Crippen molar-refractivity contribution in [2.24, 2.45) is 5.10 Å². The lowest BCUT2D eigenvalue weighted by Crippen LogP contribution is -2.18. The Morgan fingerprint density at radius 3 is 2.26 bits per heavy atom. The Morgan fingerprint density at radius 2 is 1.70 bits per heavy atom. The normalized spacial score (nSPS) is 11.8. The van der Waals surface area contributed by atoms with E-state index in [1.54, 1.807) is 12.1 Å². The smallest absolute Gasteiger partial charge is 0.387 e. The quantitative estimate of drug-likeness (QED) is 0.592. The van der Waals surface area contributed by atoms with Crippen LogP contribution in [0.2, 0.25) is 0 Å². The van der Waals surface area contributed by atoms with E-state index in [4.69, 9.17) is 0 Å². The zero-order valence-electron chi connectivity index (χ0n) is 11.5. The molecule has 23 heavy (non-hydrogen) atoms. The summed E-state index contributed by atoms with van der Waals surface area (Å²) in [7, 11) is -3.76. The number of rotatable bonds is 6. The van der Waals surface area contributed by atoms with Gasteiger partial charge in [-0.05, 0) is 54.1 Å². The molecule has 2 aromatic rings. The van der Waals surface area contributed by atoms with Gasteiger partial charge in [-0.3, -0.25) is 0 Å². The average Bonchev–Trinajstić information content (AvgIpc) is 2.49. The summed E-state index contributed by atoms with van der Waals surface area (Å²) in [5, 5.41) is 3.64. The van der Waals surface area contributed by atoms with Crippen LogP contribution in [0.5, 0.6) is 5.75 Å². The Morgan fingerprint density at radius 1 is 1.09 bits per heavy atom. The molecule has 0 aliphatic heterocycles. The van der Waals surface area contributed by atoms with Gasteiger partial charge in [0.2, 0.25) is 0 Å². The number of hydrogen-bond donors (Lipinski definition) is 1. The molecular weight excluding hydrogens is 394 g/mol. The number of ether oxygens (including phenoxy) is 1. The predicted molar refractivity (Wildman–Crippen MR) is 85.1 cm³/mol. The first-order valence-corrected chi connectivity index (χ1v) is 8.50. The topological polar surface area (TPSA) is 67.8 Å². The molecule has 0 unspecified atom stereocenters. The third kappa shape index (κ3) is 5.29. The molecular formula is C14H11BrF2N2O3S. The molecule has 2 aromatic carbocycles. The van der Waals surface area contributed by atoms with Crippen LogP contribution in [0.3, 0.4) is 0 Å². The minimum Gasteiger partial charge on any atom is -0.435 e. The molecule has 0 spiro atoms. The molecule has 0 saturated carbocycles. The van der Waals surface area contributed by atoms with E-state index in [9.17, 15) is 17.2 Å². The highest BCUT2D eigenvalue weighted by Crippen LogP contribution is 2.15. The largest absolute Gasteiger partial charge is 0.435 e. The predicted octanol–water partition coefficient (Wildman–Crippen LogP) is 3.36. The van der Waals surface area contributed by atoms with Gasteiger partial charge in [-0.2, -0.15) is 22.3 Å². The standard InChI is InChI=1S/C14H11BrF2N2O3S/c15-11-3-7-13(8-4-11)23(20,21)19-18-9-10-1-5-12(6-2-10)22-14(16)17/h1-9,14,19H. The lowest BCUT2D eigenvalue weighted by molar-refractivity contribution is -0.0498. The van der Waals surface area contributed by atoms with E-state index < -0.39 is 16.6 Å². The fourth-order valence-corrected chi connectivity index (χ4v) is 2.63. The Labute approximate surface area is 140 Å². The van der Waals surface area contributed by atoms with Crippen LogP contribution in [0, 0.1) is 0 Å². The van der Waals surface area contributed by atoms with Gasteiger partial charge in [0.1, 0.15) is 5.75 Å². The number of sulfonamides is 1. The zero-order chi connectivity index (χ0) is 16.9. The zero-order valence-corrected chi connectivity index (χ0v) is 13.9. The fourth-order valence-electron chi connectivity index (χ4n) is 1.57. The molecule has 0 amide bonds. The SMILES string of the molecule is O=S(=O)(NN=Cc1ccc(OC(F)F)cc1)c1ccc(Br)cc1. The Bertz CT molecular complexity index is 779. The highest BCUT2D eigenvalue weighted by molar-refractivity contribution is 9.10. The summed E-state index contributed by atoms with van der Waals surface area (Å²) < 4.78 is 52.9. The Balaban J connectivity index is 2.01. The van der Waals surface area contributed by atoms with Crippen molar-refractivity contribution in [1.82, 2.24) is 4.83 Å². The maximum absolute atomic E-state index is 12.0. The molecule has 2 rings (SSSR count). The first kappa shape index (κ1) is 17.4. The molecule has 0 atom stereocenters. The lowest BCUT2D eigenvalue weighted by Gasteiger charge is -2.04. The lowest BCUT2D eigenvalue weighted by atomic mass is 10.2. The van der Waals surface area contributed by atoms with Crippen LogP contribution in [0.1, 0.15) is 5.56 Å². The minimum atomic E-state index is -3.76. The number of halogens is 3. The Hall–Kier alpha value is -2.00.